The lowest BCUT2D eigenvalue weighted by molar-refractivity contribution is 0.337. The highest BCUT2D eigenvalue weighted by molar-refractivity contribution is 5.59. The van der Waals surface area contributed by atoms with Crippen molar-refractivity contribution < 1.29 is 14.2 Å². The molecule has 0 saturated carbocycles. The standard InChI is InChI=1S/C13H16N4O3/c1-18-9-6-4-5-8(11(9)14)7-10-15-12(19-2)17-13(16-10)20-3/h4-6H,7,14H2,1-3H3. The molecule has 0 unspecified atom stereocenters. The van der Waals surface area contributed by atoms with Gasteiger partial charge in [0.1, 0.15) is 11.6 Å². The monoisotopic (exact) mass is 276 g/mol. The molecule has 1 aromatic heterocycles. The van der Waals surface area contributed by atoms with Gasteiger partial charge in [-0.3, -0.25) is 0 Å². The van der Waals surface area contributed by atoms with Crippen LogP contribution in [0.1, 0.15) is 11.4 Å². The molecule has 2 rings (SSSR count). The Morgan fingerprint density at radius 1 is 0.950 bits per heavy atom. The van der Waals surface area contributed by atoms with Crippen molar-refractivity contribution in [3.63, 3.8) is 0 Å². The molecule has 20 heavy (non-hydrogen) atoms. The van der Waals surface area contributed by atoms with Crippen molar-refractivity contribution in [3.05, 3.63) is 29.6 Å². The Balaban J connectivity index is 2.34. The maximum atomic E-state index is 6.02. The summed E-state index contributed by atoms with van der Waals surface area (Å²) in [5.74, 6) is 1.13. The number of aromatic nitrogens is 3. The summed E-state index contributed by atoms with van der Waals surface area (Å²) in [6.45, 7) is 0. The number of hydrogen-bond donors (Lipinski definition) is 1. The van der Waals surface area contributed by atoms with Crippen LogP contribution in [0.25, 0.3) is 0 Å². The predicted molar refractivity (Wildman–Crippen MR) is 73.1 cm³/mol. The fourth-order valence-electron chi connectivity index (χ4n) is 1.73. The van der Waals surface area contributed by atoms with Crippen molar-refractivity contribution in [2.45, 2.75) is 6.42 Å². The molecule has 0 aliphatic heterocycles. The SMILES string of the molecule is COc1nc(Cc2cccc(OC)c2N)nc(OC)n1. The van der Waals surface area contributed by atoms with Gasteiger partial charge in [-0.05, 0) is 11.6 Å². The van der Waals surface area contributed by atoms with Crippen molar-refractivity contribution >= 4 is 5.69 Å². The second kappa shape index (κ2) is 6.05. The normalized spacial score (nSPS) is 10.2. The molecule has 2 N–H and O–H groups in total. The van der Waals surface area contributed by atoms with Crippen LogP contribution in [0.3, 0.4) is 0 Å². The molecule has 0 aliphatic rings. The van der Waals surface area contributed by atoms with E-state index in [0.29, 0.717) is 23.7 Å². The van der Waals surface area contributed by atoms with Crippen LogP contribution >= 0.6 is 0 Å². The second-order valence-corrected chi connectivity index (χ2v) is 3.93. The zero-order valence-corrected chi connectivity index (χ0v) is 11.6. The number of hydrogen-bond acceptors (Lipinski definition) is 7. The number of benzene rings is 1. The van der Waals surface area contributed by atoms with E-state index in [1.807, 2.05) is 12.1 Å². The molecule has 0 aliphatic carbocycles. The van der Waals surface area contributed by atoms with E-state index in [4.69, 9.17) is 19.9 Å². The summed E-state index contributed by atoms with van der Waals surface area (Å²) >= 11 is 0. The third-order valence-corrected chi connectivity index (χ3v) is 2.73. The van der Waals surface area contributed by atoms with Crippen molar-refractivity contribution in [2.75, 3.05) is 27.1 Å². The third-order valence-electron chi connectivity index (χ3n) is 2.73. The summed E-state index contributed by atoms with van der Waals surface area (Å²) in [5, 5.41) is 0. The number of nitrogens with zero attached hydrogens (tertiary/aromatic N) is 3. The molecule has 0 bridgehead atoms. The van der Waals surface area contributed by atoms with E-state index in [-0.39, 0.29) is 12.0 Å². The fourth-order valence-corrected chi connectivity index (χ4v) is 1.73. The predicted octanol–water partition coefficient (Wildman–Crippen LogP) is 1.07. The van der Waals surface area contributed by atoms with Gasteiger partial charge in [0.2, 0.25) is 0 Å². The molecular weight excluding hydrogens is 260 g/mol. The van der Waals surface area contributed by atoms with Crippen LogP contribution in [-0.4, -0.2) is 36.3 Å². The van der Waals surface area contributed by atoms with Crippen LogP contribution in [0, 0.1) is 0 Å². The maximum Gasteiger partial charge on any atom is 0.322 e. The molecule has 0 fully saturated rings. The number of ether oxygens (including phenoxy) is 3. The smallest absolute Gasteiger partial charge is 0.322 e. The van der Waals surface area contributed by atoms with E-state index in [2.05, 4.69) is 15.0 Å². The Labute approximate surface area is 116 Å². The second-order valence-electron chi connectivity index (χ2n) is 3.93. The molecule has 0 saturated heterocycles. The van der Waals surface area contributed by atoms with Gasteiger partial charge in [0.15, 0.2) is 0 Å². The summed E-state index contributed by atoms with van der Waals surface area (Å²) in [7, 11) is 4.54. The van der Waals surface area contributed by atoms with Gasteiger partial charge in [-0.2, -0.15) is 9.97 Å². The highest BCUT2D eigenvalue weighted by Crippen LogP contribution is 2.26. The Morgan fingerprint density at radius 3 is 2.15 bits per heavy atom. The zero-order valence-electron chi connectivity index (χ0n) is 11.6. The summed E-state index contributed by atoms with van der Waals surface area (Å²) in [4.78, 5) is 12.3. The van der Waals surface area contributed by atoms with Crippen LogP contribution in [0.15, 0.2) is 18.2 Å². The zero-order chi connectivity index (χ0) is 14.5. The molecular formula is C13H16N4O3. The first-order chi connectivity index (χ1) is 9.67. The summed E-state index contributed by atoms with van der Waals surface area (Å²) in [5.41, 5.74) is 7.45. The van der Waals surface area contributed by atoms with Crippen molar-refractivity contribution in [1.82, 2.24) is 15.0 Å². The van der Waals surface area contributed by atoms with Crippen LogP contribution in [0.5, 0.6) is 17.8 Å². The van der Waals surface area contributed by atoms with E-state index in [0.717, 1.165) is 5.56 Å². The quantitative estimate of drug-likeness (QED) is 0.816. The summed E-state index contributed by atoms with van der Waals surface area (Å²) in [6, 6.07) is 5.95. The Morgan fingerprint density at radius 2 is 1.60 bits per heavy atom. The summed E-state index contributed by atoms with van der Waals surface area (Å²) in [6.07, 6.45) is 0.429. The molecule has 0 radical (unpaired) electrons. The topological polar surface area (TPSA) is 92.4 Å². The van der Waals surface area contributed by atoms with E-state index >= 15 is 0 Å². The fraction of sp³-hybridized carbons (Fsp3) is 0.308. The molecule has 2 aromatic rings. The molecule has 0 amide bonds. The first kappa shape index (κ1) is 13.9. The average Bonchev–Trinajstić information content (AvgIpc) is 2.49. The van der Waals surface area contributed by atoms with E-state index in [1.54, 1.807) is 13.2 Å². The highest BCUT2D eigenvalue weighted by Gasteiger charge is 2.11. The lowest BCUT2D eigenvalue weighted by Gasteiger charge is -2.10. The molecule has 0 atom stereocenters. The molecule has 0 spiro atoms. The minimum atomic E-state index is 0.202. The minimum absolute atomic E-state index is 0.202. The van der Waals surface area contributed by atoms with Gasteiger partial charge < -0.3 is 19.9 Å². The Hall–Kier alpha value is -2.57. The van der Waals surface area contributed by atoms with Crippen LogP contribution < -0.4 is 19.9 Å². The van der Waals surface area contributed by atoms with Crippen molar-refractivity contribution in [2.24, 2.45) is 0 Å². The molecule has 1 heterocycles. The number of nitrogen functional groups attached to an aromatic ring is 1. The van der Waals surface area contributed by atoms with Crippen LogP contribution in [-0.2, 0) is 6.42 Å². The van der Waals surface area contributed by atoms with E-state index in [1.165, 1.54) is 14.2 Å². The molecule has 106 valence electrons. The molecule has 7 heteroatoms. The molecule has 7 nitrogen and oxygen atoms in total. The summed E-state index contributed by atoms with van der Waals surface area (Å²) < 4.78 is 15.2. The average molecular weight is 276 g/mol. The minimum Gasteiger partial charge on any atom is -0.495 e. The van der Waals surface area contributed by atoms with Crippen molar-refractivity contribution in [3.8, 4) is 17.8 Å². The molecule has 1 aromatic carbocycles. The number of rotatable bonds is 5. The number of anilines is 1. The van der Waals surface area contributed by atoms with Gasteiger partial charge in [0.05, 0.1) is 27.0 Å². The lowest BCUT2D eigenvalue weighted by atomic mass is 10.1. The van der Waals surface area contributed by atoms with Crippen LogP contribution in [0.2, 0.25) is 0 Å². The van der Waals surface area contributed by atoms with E-state index in [9.17, 15) is 0 Å². The van der Waals surface area contributed by atoms with Crippen molar-refractivity contribution in [1.29, 1.82) is 0 Å². The van der Waals surface area contributed by atoms with Gasteiger partial charge in [-0.15, -0.1) is 4.98 Å². The first-order valence-corrected chi connectivity index (χ1v) is 5.92. The lowest BCUT2D eigenvalue weighted by Crippen LogP contribution is -2.06. The third kappa shape index (κ3) is 2.87. The number of nitrogens with two attached hydrogens (primary N) is 1. The van der Waals surface area contributed by atoms with Crippen LogP contribution in [0.4, 0.5) is 5.69 Å². The van der Waals surface area contributed by atoms with Gasteiger partial charge in [0, 0.05) is 6.42 Å². The Kier molecular flexibility index (Phi) is 4.19. The highest BCUT2D eigenvalue weighted by atomic mass is 16.5. The van der Waals surface area contributed by atoms with Gasteiger partial charge >= 0.3 is 12.0 Å². The first-order valence-electron chi connectivity index (χ1n) is 5.92. The number of methoxy groups -OCH3 is 3. The maximum absolute atomic E-state index is 6.02. The number of para-hydroxylation sites is 1. The van der Waals surface area contributed by atoms with Gasteiger partial charge in [0.25, 0.3) is 0 Å². The van der Waals surface area contributed by atoms with E-state index < -0.39 is 0 Å². The van der Waals surface area contributed by atoms with Gasteiger partial charge in [-0.25, -0.2) is 0 Å². The largest absolute Gasteiger partial charge is 0.495 e. The Bertz CT molecular complexity index is 582. The van der Waals surface area contributed by atoms with Gasteiger partial charge in [-0.1, -0.05) is 12.1 Å².